The van der Waals surface area contributed by atoms with Gasteiger partial charge in [0.15, 0.2) is 0 Å². The molecule has 0 fully saturated rings. The SMILES string of the molecule is CC#CCCNCc1ccc([N+](=O)[O-])s1. The molecule has 0 spiro atoms. The quantitative estimate of drug-likeness (QED) is 0.361. The Balaban J connectivity index is 2.30. The average molecular weight is 224 g/mol. The van der Waals surface area contributed by atoms with E-state index in [1.807, 2.05) is 6.92 Å². The summed E-state index contributed by atoms with van der Waals surface area (Å²) >= 11 is 1.21. The van der Waals surface area contributed by atoms with Crippen molar-refractivity contribution in [2.75, 3.05) is 6.54 Å². The lowest BCUT2D eigenvalue weighted by Gasteiger charge is -1.97. The molecule has 1 heterocycles. The van der Waals surface area contributed by atoms with E-state index in [1.165, 1.54) is 17.4 Å². The predicted octanol–water partition coefficient (Wildman–Crippen LogP) is 2.16. The van der Waals surface area contributed by atoms with Crippen molar-refractivity contribution in [3.05, 3.63) is 27.1 Å². The summed E-state index contributed by atoms with van der Waals surface area (Å²) in [5, 5.41) is 13.8. The molecule has 80 valence electrons. The van der Waals surface area contributed by atoms with Gasteiger partial charge < -0.3 is 5.32 Å². The first-order valence-corrected chi connectivity index (χ1v) is 5.39. The normalized spacial score (nSPS) is 9.40. The molecule has 0 amide bonds. The van der Waals surface area contributed by atoms with Crippen LogP contribution in [0.3, 0.4) is 0 Å². The van der Waals surface area contributed by atoms with Gasteiger partial charge in [0.05, 0.1) is 4.92 Å². The molecule has 0 aliphatic heterocycles. The van der Waals surface area contributed by atoms with Gasteiger partial charge in [-0.25, -0.2) is 0 Å². The van der Waals surface area contributed by atoms with E-state index in [9.17, 15) is 10.1 Å². The molecule has 0 radical (unpaired) electrons. The molecule has 1 rings (SSSR count). The van der Waals surface area contributed by atoms with Crippen LogP contribution in [0.2, 0.25) is 0 Å². The third kappa shape index (κ3) is 4.11. The van der Waals surface area contributed by atoms with Gasteiger partial charge in [-0.2, -0.15) is 0 Å². The zero-order chi connectivity index (χ0) is 11.1. The molecule has 1 aromatic heterocycles. The molecule has 1 N–H and O–H groups in total. The molecule has 0 bridgehead atoms. The molecule has 1 aromatic rings. The first-order valence-electron chi connectivity index (χ1n) is 4.57. The number of nitrogens with zero attached hydrogens (tertiary/aromatic N) is 1. The van der Waals surface area contributed by atoms with Gasteiger partial charge in [0.25, 0.3) is 0 Å². The minimum atomic E-state index is -0.364. The molecule has 0 atom stereocenters. The Bertz CT molecular complexity index is 390. The lowest BCUT2D eigenvalue weighted by molar-refractivity contribution is -0.380. The molecule has 5 heteroatoms. The van der Waals surface area contributed by atoms with Gasteiger partial charge >= 0.3 is 5.00 Å². The van der Waals surface area contributed by atoms with Crippen LogP contribution in [-0.2, 0) is 6.54 Å². The van der Waals surface area contributed by atoms with Crippen LogP contribution in [0, 0.1) is 22.0 Å². The molecular formula is C10H12N2O2S. The Labute approximate surface area is 92.5 Å². The monoisotopic (exact) mass is 224 g/mol. The lowest BCUT2D eigenvalue weighted by atomic mass is 10.4. The van der Waals surface area contributed by atoms with Crippen molar-refractivity contribution < 1.29 is 4.92 Å². The zero-order valence-corrected chi connectivity index (χ0v) is 9.26. The van der Waals surface area contributed by atoms with Crippen LogP contribution in [-0.4, -0.2) is 11.5 Å². The maximum atomic E-state index is 10.4. The van der Waals surface area contributed by atoms with E-state index < -0.39 is 0 Å². The maximum Gasteiger partial charge on any atom is 0.324 e. The number of hydrogen-bond acceptors (Lipinski definition) is 4. The largest absolute Gasteiger partial charge is 0.324 e. The highest BCUT2D eigenvalue weighted by Crippen LogP contribution is 2.23. The van der Waals surface area contributed by atoms with Crippen molar-refractivity contribution in [2.45, 2.75) is 19.9 Å². The lowest BCUT2D eigenvalue weighted by Crippen LogP contribution is -2.13. The van der Waals surface area contributed by atoms with E-state index in [2.05, 4.69) is 17.2 Å². The van der Waals surface area contributed by atoms with Crippen LogP contribution in [0.5, 0.6) is 0 Å². The summed E-state index contributed by atoms with van der Waals surface area (Å²) in [5.74, 6) is 5.75. The first-order chi connectivity index (χ1) is 7.24. The highest BCUT2D eigenvalue weighted by Gasteiger charge is 2.08. The smallest absolute Gasteiger partial charge is 0.311 e. The molecule has 15 heavy (non-hydrogen) atoms. The Kier molecular flexibility index (Phi) is 4.81. The highest BCUT2D eigenvalue weighted by molar-refractivity contribution is 7.15. The second kappa shape index (κ2) is 6.17. The van der Waals surface area contributed by atoms with Gasteiger partial charge in [-0.05, 0) is 13.0 Å². The summed E-state index contributed by atoms with van der Waals surface area (Å²) in [6, 6.07) is 3.31. The predicted molar refractivity (Wildman–Crippen MR) is 60.7 cm³/mol. The maximum absolute atomic E-state index is 10.4. The molecule has 0 saturated carbocycles. The minimum absolute atomic E-state index is 0.195. The van der Waals surface area contributed by atoms with E-state index in [0.29, 0.717) is 6.54 Å². The van der Waals surface area contributed by atoms with Gasteiger partial charge in [-0.3, -0.25) is 10.1 Å². The summed E-state index contributed by atoms with van der Waals surface area (Å²) < 4.78 is 0. The van der Waals surface area contributed by atoms with Gasteiger partial charge in [0, 0.05) is 30.5 Å². The molecule has 0 aliphatic carbocycles. The Morgan fingerprint density at radius 2 is 2.40 bits per heavy atom. The van der Waals surface area contributed by atoms with Crippen molar-refractivity contribution in [3.8, 4) is 11.8 Å². The fourth-order valence-electron chi connectivity index (χ4n) is 1.05. The summed E-state index contributed by atoms with van der Waals surface area (Å²) in [6.45, 7) is 3.29. The van der Waals surface area contributed by atoms with Crippen molar-refractivity contribution >= 4 is 16.3 Å². The summed E-state index contributed by atoms with van der Waals surface area (Å²) in [7, 11) is 0. The summed E-state index contributed by atoms with van der Waals surface area (Å²) in [5.41, 5.74) is 0. The Morgan fingerprint density at radius 3 is 3.00 bits per heavy atom. The summed E-state index contributed by atoms with van der Waals surface area (Å²) in [4.78, 5) is 11.0. The molecule has 0 unspecified atom stereocenters. The third-order valence-electron chi connectivity index (χ3n) is 1.73. The van der Waals surface area contributed by atoms with Crippen LogP contribution in [0.1, 0.15) is 18.2 Å². The van der Waals surface area contributed by atoms with Gasteiger partial charge in [-0.15, -0.1) is 11.8 Å². The second-order valence-corrected chi connectivity index (χ2v) is 4.00. The van der Waals surface area contributed by atoms with Crippen LogP contribution in [0.15, 0.2) is 12.1 Å². The van der Waals surface area contributed by atoms with Gasteiger partial charge in [0.1, 0.15) is 0 Å². The second-order valence-electron chi connectivity index (χ2n) is 2.85. The van der Waals surface area contributed by atoms with Crippen LogP contribution >= 0.6 is 11.3 Å². The van der Waals surface area contributed by atoms with Crippen LogP contribution in [0.25, 0.3) is 0 Å². The number of thiophene rings is 1. The number of nitro groups is 1. The van der Waals surface area contributed by atoms with Crippen LogP contribution in [0.4, 0.5) is 5.00 Å². The Hall–Kier alpha value is -1.38. The van der Waals surface area contributed by atoms with Crippen molar-refractivity contribution in [1.82, 2.24) is 5.32 Å². The minimum Gasteiger partial charge on any atom is -0.311 e. The van der Waals surface area contributed by atoms with Gasteiger partial charge in [0.2, 0.25) is 0 Å². The molecule has 0 aromatic carbocycles. The summed E-state index contributed by atoms with van der Waals surface area (Å²) in [6.07, 6.45) is 0.809. The van der Waals surface area contributed by atoms with E-state index in [0.717, 1.165) is 17.8 Å². The van der Waals surface area contributed by atoms with Crippen molar-refractivity contribution in [2.24, 2.45) is 0 Å². The average Bonchev–Trinajstić information content (AvgIpc) is 2.66. The standard InChI is InChI=1S/C10H12N2O2S/c1-2-3-4-7-11-8-9-5-6-10(15-9)12(13)14/h5-6,11H,4,7-8H2,1H3. The number of rotatable bonds is 5. The molecule has 4 nitrogen and oxygen atoms in total. The van der Waals surface area contributed by atoms with Gasteiger partial charge in [-0.1, -0.05) is 11.3 Å². The number of hydrogen-bond donors (Lipinski definition) is 1. The highest BCUT2D eigenvalue weighted by atomic mass is 32.1. The van der Waals surface area contributed by atoms with Crippen molar-refractivity contribution in [1.29, 1.82) is 0 Å². The first kappa shape index (κ1) is 11.7. The molecule has 0 saturated heterocycles. The van der Waals surface area contributed by atoms with E-state index in [4.69, 9.17) is 0 Å². The fourth-order valence-corrected chi connectivity index (χ4v) is 1.84. The Morgan fingerprint density at radius 1 is 1.60 bits per heavy atom. The zero-order valence-electron chi connectivity index (χ0n) is 8.45. The molecular weight excluding hydrogens is 212 g/mol. The van der Waals surface area contributed by atoms with Crippen LogP contribution < -0.4 is 5.32 Å². The van der Waals surface area contributed by atoms with E-state index in [-0.39, 0.29) is 9.92 Å². The number of nitrogens with one attached hydrogen (secondary N) is 1. The fraction of sp³-hybridized carbons (Fsp3) is 0.400. The van der Waals surface area contributed by atoms with E-state index >= 15 is 0 Å². The van der Waals surface area contributed by atoms with Crippen molar-refractivity contribution in [3.63, 3.8) is 0 Å². The molecule has 0 aliphatic rings. The van der Waals surface area contributed by atoms with E-state index in [1.54, 1.807) is 6.07 Å². The topological polar surface area (TPSA) is 55.2 Å². The third-order valence-corrected chi connectivity index (χ3v) is 2.77.